The maximum Gasteiger partial charge on any atom is 0.129 e. The van der Waals surface area contributed by atoms with Crippen molar-refractivity contribution in [3.05, 3.63) is 34.1 Å². The van der Waals surface area contributed by atoms with Crippen LogP contribution in [0, 0.1) is 5.82 Å². The smallest absolute Gasteiger partial charge is 0.129 e. The summed E-state index contributed by atoms with van der Waals surface area (Å²) in [7, 11) is 0. The fourth-order valence-electron chi connectivity index (χ4n) is 2.28. The molecular formula is C13H17BrFNO. The Labute approximate surface area is 109 Å². The molecule has 2 atom stereocenters. The summed E-state index contributed by atoms with van der Waals surface area (Å²) in [4.78, 5) is 0. The first-order valence-corrected chi connectivity index (χ1v) is 6.84. The van der Waals surface area contributed by atoms with E-state index in [4.69, 9.17) is 0 Å². The summed E-state index contributed by atoms with van der Waals surface area (Å²) in [6, 6.07) is 4.65. The molecule has 1 fully saturated rings. The van der Waals surface area contributed by atoms with Crippen LogP contribution in [0.1, 0.15) is 37.4 Å². The molecule has 0 amide bonds. The number of aliphatic hydroxyl groups excluding tert-OH is 1. The summed E-state index contributed by atoms with van der Waals surface area (Å²) in [5.74, 6) is -0.341. The first-order valence-electron chi connectivity index (χ1n) is 6.05. The minimum Gasteiger partial charge on any atom is -0.387 e. The van der Waals surface area contributed by atoms with Crippen LogP contribution in [0.5, 0.6) is 0 Å². The fourth-order valence-corrected chi connectivity index (χ4v) is 2.66. The summed E-state index contributed by atoms with van der Waals surface area (Å²) >= 11 is 3.31. The Kier molecular flexibility index (Phi) is 4.54. The van der Waals surface area contributed by atoms with Gasteiger partial charge in [0.1, 0.15) is 5.82 Å². The molecule has 1 aromatic carbocycles. The first kappa shape index (κ1) is 13.0. The molecule has 2 unspecified atom stereocenters. The van der Waals surface area contributed by atoms with Gasteiger partial charge in [-0.25, -0.2) is 4.39 Å². The molecule has 2 nitrogen and oxygen atoms in total. The summed E-state index contributed by atoms with van der Waals surface area (Å²) < 4.78 is 14.5. The van der Waals surface area contributed by atoms with Crippen molar-refractivity contribution in [1.29, 1.82) is 0 Å². The fraction of sp³-hybridized carbons (Fsp3) is 0.538. The molecule has 0 aromatic heterocycles. The van der Waals surface area contributed by atoms with Crippen LogP contribution in [-0.2, 0) is 0 Å². The van der Waals surface area contributed by atoms with Gasteiger partial charge in [0.05, 0.1) is 6.10 Å². The van der Waals surface area contributed by atoms with E-state index < -0.39 is 6.10 Å². The van der Waals surface area contributed by atoms with Gasteiger partial charge in [0.2, 0.25) is 0 Å². The van der Waals surface area contributed by atoms with Crippen molar-refractivity contribution in [2.45, 2.75) is 37.8 Å². The van der Waals surface area contributed by atoms with Gasteiger partial charge in [0, 0.05) is 16.1 Å². The van der Waals surface area contributed by atoms with Crippen LogP contribution >= 0.6 is 15.9 Å². The predicted molar refractivity (Wildman–Crippen MR) is 69.3 cm³/mol. The highest BCUT2D eigenvalue weighted by Crippen LogP contribution is 2.27. The molecule has 17 heavy (non-hydrogen) atoms. The lowest BCUT2D eigenvalue weighted by Crippen LogP contribution is -2.34. The topological polar surface area (TPSA) is 32.3 Å². The molecule has 2 N–H and O–H groups in total. The van der Waals surface area contributed by atoms with Crippen molar-refractivity contribution >= 4 is 15.9 Å². The largest absolute Gasteiger partial charge is 0.387 e. The average molecular weight is 302 g/mol. The van der Waals surface area contributed by atoms with Crippen LogP contribution in [-0.4, -0.2) is 17.7 Å². The highest BCUT2D eigenvalue weighted by molar-refractivity contribution is 9.10. The first-order chi connectivity index (χ1) is 8.18. The van der Waals surface area contributed by atoms with E-state index in [0.29, 0.717) is 5.56 Å². The summed E-state index contributed by atoms with van der Waals surface area (Å²) in [5, 5.41) is 13.5. The lowest BCUT2D eigenvalue weighted by molar-refractivity contribution is 0.122. The van der Waals surface area contributed by atoms with Crippen molar-refractivity contribution in [1.82, 2.24) is 5.32 Å². The lowest BCUT2D eigenvalue weighted by Gasteiger charge is -2.23. The highest BCUT2D eigenvalue weighted by Gasteiger charge is 2.24. The minimum atomic E-state index is -0.773. The molecule has 0 aliphatic carbocycles. The zero-order valence-corrected chi connectivity index (χ0v) is 11.2. The van der Waals surface area contributed by atoms with E-state index in [1.807, 2.05) is 0 Å². The molecule has 1 aliphatic rings. The van der Waals surface area contributed by atoms with Crippen molar-refractivity contribution in [3.63, 3.8) is 0 Å². The number of aliphatic hydroxyl groups is 1. The van der Waals surface area contributed by atoms with E-state index in [9.17, 15) is 9.50 Å². The van der Waals surface area contributed by atoms with Crippen LogP contribution in [0.15, 0.2) is 22.7 Å². The number of halogens is 2. The predicted octanol–water partition coefficient (Wildman–Crippen LogP) is 3.15. The van der Waals surface area contributed by atoms with E-state index in [0.717, 1.165) is 30.3 Å². The summed E-state index contributed by atoms with van der Waals surface area (Å²) in [6.45, 7) is 0.900. The number of hydrogen-bond acceptors (Lipinski definition) is 2. The van der Waals surface area contributed by atoms with Crippen LogP contribution in [0.4, 0.5) is 4.39 Å². The Hall–Kier alpha value is -0.450. The molecule has 0 bridgehead atoms. The van der Waals surface area contributed by atoms with E-state index in [-0.39, 0.29) is 11.9 Å². The van der Waals surface area contributed by atoms with E-state index in [1.165, 1.54) is 12.5 Å². The zero-order chi connectivity index (χ0) is 12.3. The molecule has 4 heteroatoms. The number of rotatable bonds is 2. The second kappa shape index (κ2) is 5.94. The highest BCUT2D eigenvalue weighted by atomic mass is 79.9. The van der Waals surface area contributed by atoms with Crippen molar-refractivity contribution in [3.8, 4) is 0 Å². The second-order valence-electron chi connectivity index (χ2n) is 4.52. The zero-order valence-electron chi connectivity index (χ0n) is 9.63. The normalized spacial score (nSPS) is 23.1. The Morgan fingerprint density at radius 3 is 3.00 bits per heavy atom. The van der Waals surface area contributed by atoms with E-state index >= 15 is 0 Å². The molecule has 94 valence electrons. The standard InChI is InChI=1S/C13H17BrFNO/c14-9-5-6-11(15)10(8-9)13(17)12-4-2-1-3-7-16-12/h5-6,8,12-13,16-17H,1-4,7H2. The molecule has 0 radical (unpaired) electrons. The summed E-state index contributed by atoms with van der Waals surface area (Å²) in [5.41, 5.74) is 0.374. The van der Waals surface area contributed by atoms with Crippen LogP contribution in [0.25, 0.3) is 0 Å². The van der Waals surface area contributed by atoms with Gasteiger partial charge in [0.15, 0.2) is 0 Å². The molecule has 1 aliphatic heterocycles. The third kappa shape index (κ3) is 3.27. The van der Waals surface area contributed by atoms with Crippen molar-refractivity contribution < 1.29 is 9.50 Å². The van der Waals surface area contributed by atoms with Crippen molar-refractivity contribution in [2.75, 3.05) is 6.54 Å². The van der Waals surface area contributed by atoms with E-state index in [2.05, 4.69) is 21.2 Å². The minimum absolute atomic E-state index is 0.0405. The molecule has 2 rings (SSSR count). The Bertz CT molecular complexity index is 378. The van der Waals surface area contributed by atoms with Gasteiger partial charge >= 0.3 is 0 Å². The quantitative estimate of drug-likeness (QED) is 0.879. The third-order valence-electron chi connectivity index (χ3n) is 3.26. The lowest BCUT2D eigenvalue weighted by atomic mass is 9.98. The molecule has 1 saturated heterocycles. The molecule has 1 heterocycles. The Morgan fingerprint density at radius 2 is 2.18 bits per heavy atom. The molecule has 0 spiro atoms. The van der Waals surface area contributed by atoms with Gasteiger partial charge in [-0.3, -0.25) is 0 Å². The SMILES string of the molecule is OC(c1cc(Br)ccc1F)C1CCCCCN1. The molecule has 0 saturated carbocycles. The van der Waals surface area contributed by atoms with Crippen LogP contribution in [0.2, 0.25) is 0 Å². The Balaban J connectivity index is 2.16. The third-order valence-corrected chi connectivity index (χ3v) is 3.75. The summed E-state index contributed by atoms with van der Waals surface area (Å²) in [6.07, 6.45) is 3.52. The monoisotopic (exact) mass is 301 g/mol. The van der Waals surface area contributed by atoms with Crippen LogP contribution in [0.3, 0.4) is 0 Å². The van der Waals surface area contributed by atoms with Gasteiger partial charge in [-0.2, -0.15) is 0 Å². The van der Waals surface area contributed by atoms with Crippen molar-refractivity contribution in [2.24, 2.45) is 0 Å². The maximum atomic E-state index is 13.7. The number of hydrogen-bond donors (Lipinski definition) is 2. The van der Waals surface area contributed by atoms with Gasteiger partial charge in [-0.1, -0.05) is 28.8 Å². The molecule has 1 aromatic rings. The Morgan fingerprint density at radius 1 is 1.35 bits per heavy atom. The van der Waals surface area contributed by atoms with Gasteiger partial charge in [-0.15, -0.1) is 0 Å². The molecular weight excluding hydrogens is 285 g/mol. The van der Waals surface area contributed by atoms with Gasteiger partial charge in [-0.05, 0) is 37.6 Å². The number of benzene rings is 1. The second-order valence-corrected chi connectivity index (χ2v) is 5.44. The van der Waals surface area contributed by atoms with Crippen LogP contribution < -0.4 is 5.32 Å². The average Bonchev–Trinajstić information content (AvgIpc) is 2.60. The number of nitrogens with one attached hydrogen (secondary N) is 1. The van der Waals surface area contributed by atoms with Gasteiger partial charge in [0.25, 0.3) is 0 Å². The maximum absolute atomic E-state index is 13.7. The van der Waals surface area contributed by atoms with E-state index in [1.54, 1.807) is 12.1 Å². The van der Waals surface area contributed by atoms with Gasteiger partial charge < -0.3 is 10.4 Å².